The van der Waals surface area contributed by atoms with E-state index in [1.54, 1.807) is 12.1 Å². The van der Waals surface area contributed by atoms with Gasteiger partial charge in [-0.25, -0.2) is 0 Å². The molecule has 0 unspecified atom stereocenters. The maximum Gasteiger partial charge on any atom is 0.253 e. The topological polar surface area (TPSA) is 55.1 Å². The third-order valence-electron chi connectivity index (χ3n) is 1.68. The SMILES string of the molecule is CCNC(=O)c1cc(Cl)cc(Br)c1N. The van der Waals surface area contributed by atoms with Crippen molar-refractivity contribution < 1.29 is 4.79 Å². The average molecular weight is 278 g/mol. The number of nitrogens with two attached hydrogens (primary N) is 1. The standard InChI is InChI=1S/C9H10BrClN2O/c1-2-13-9(14)6-3-5(11)4-7(10)8(6)12/h3-4H,2,12H2,1H3,(H,13,14). The lowest BCUT2D eigenvalue weighted by molar-refractivity contribution is 0.0956. The fourth-order valence-electron chi connectivity index (χ4n) is 1.03. The summed E-state index contributed by atoms with van der Waals surface area (Å²) in [6.07, 6.45) is 0. The number of hydrogen-bond donors (Lipinski definition) is 2. The minimum Gasteiger partial charge on any atom is -0.397 e. The summed E-state index contributed by atoms with van der Waals surface area (Å²) < 4.78 is 0.631. The second-order valence-electron chi connectivity index (χ2n) is 2.71. The molecule has 0 spiro atoms. The van der Waals surface area contributed by atoms with Crippen molar-refractivity contribution in [2.24, 2.45) is 0 Å². The third kappa shape index (κ3) is 2.39. The number of hydrogen-bond acceptors (Lipinski definition) is 2. The van der Waals surface area contributed by atoms with Crippen LogP contribution in [0, 0.1) is 0 Å². The quantitative estimate of drug-likeness (QED) is 0.816. The van der Waals surface area contributed by atoms with Gasteiger partial charge in [0.1, 0.15) is 0 Å². The number of anilines is 1. The molecule has 3 N–H and O–H groups in total. The Hall–Kier alpha value is -0.740. The Morgan fingerprint density at radius 1 is 1.64 bits per heavy atom. The van der Waals surface area contributed by atoms with Gasteiger partial charge in [0.15, 0.2) is 0 Å². The predicted octanol–water partition coefficient (Wildman–Crippen LogP) is 2.43. The summed E-state index contributed by atoms with van der Waals surface area (Å²) in [5.41, 5.74) is 6.51. The highest BCUT2D eigenvalue weighted by Crippen LogP contribution is 2.27. The molecule has 1 rings (SSSR count). The molecule has 1 aromatic rings. The van der Waals surface area contributed by atoms with Gasteiger partial charge in [-0.1, -0.05) is 11.6 Å². The normalized spacial score (nSPS) is 9.93. The lowest BCUT2D eigenvalue weighted by Gasteiger charge is -2.07. The Bertz CT molecular complexity index is 368. The maximum absolute atomic E-state index is 11.5. The molecule has 0 atom stereocenters. The number of rotatable bonds is 2. The second-order valence-corrected chi connectivity index (χ2v) is 4.00. The van der Waals surface area contributed by atoms with Gasteiger partial charge in [0.2, 0.25) is 0 Å². The molecule has 0 aliphatic carbocycles. The van der Waals surface area contributed by atoms with Crippen molar-refractivity contribution in [3.63, 3.8) is 0 Å². The minimum absolute atomic E-state index is 0.215. The van der Waals surface area contributed by atoms with Crippen LogP contribution in [0.1, 0.15) is 17.3 Å². The molecule has 0 aromatic heterocycles. The van der Waals surface area contributed by atoms with Crippen LogP contribution in [0.2, 0.25) is 5.02 Å². The summed E-state index contributed by atoms with van der Waals surface area (Å²) in [7, 11) is 0. The third-order valence-corrected chi connectivity index (χ3v) is 2.55. The van der Waals surface area contributed by atoms with Gasteiger partial charge in [0.25, 0.3) is 5.91 Å². The Morgan fingerprint density at radius 3 is 2.86 bits per heavy atom. The molecule has 0 saturated carbocycles. The van der Waals surface area contributed by atoms with Gasteiger partial charge < -0.3 is 11.1 Å². The summed E-state index contributed by atoms with van der Waals surface area (Å²) in [5.74, 6) is -0.215. The van der Waals surface area contributed by atoms with Crippen LogP contribution in [0.4, 0.5) is 5.69 Å². The van der Waals surface area contributed by atoms with Crippen LogP contribution >= 0.6 is 27.5 Å². The van der Waals surface area contributed by atoms with E-state index >= 15 is 0 Å². The molecule has 0 saturated heterocycles. The average Bonchev–Trinajstić information content (AvgIpc) is 2.11. The van der Waals surface area contributed by atoms with Crippen LogP contribution in [0.15, 0.2) is 16.6 Å². The van der Waals surface area contributed by atoms with Gasteiger partial charge in [-0.05, 0) is 35.0 Å². The molecule has 1 amide bonds. The molecular weight excluding hydrogens is 267 g/mol. The van der Waals surface area contributed by atoms with Gasteiger partial charge in [-0.15, -0.1) is 0 Å². The van der Waals surface area contributed by atoms with E-state index in [0.29, 0.717) is 27.3 Å². The van der Waals surface area contributed by atoms with Crippen molar-refractivity contribution in [3.05, 3.63) is 27.2 Å². The first-order valence-corrected chi connectivity index (χ1v) is 5.26. The smallest absolute Gasteiger partial charge is 0.253 e. The Morgan fingerprint density at radius 2 is 2.29 bits per heavy atom. The lowest BCUT2D eigenvalue weighted by Crippen LogP contribution is -2.23. The Kier molecular flexibility index (Phi) is 3.77. The number of carbonyl (C=O) groups excluding carboxylic acids is 1. The monoisotopic (exact) mass is 276 g/mol. The van der Waals surface area contributed by atoms with Crippen LogP contribution in [0.3, 0.4) is 0 Å². The highest BCUT2D eigenvalue weighted by Gasteiger charge is 2.12. The van der Waals surface area contributed by atoms with Gasteiger partial charge in [-0.2, -0.15) is 0 Å². The van der Waals surface area contributed by atoms with Crippen LogP contribution < -0.4 is 11.1 Å². The number of benzene rings is 1. The summed E-state index contributed by atoms with van der Waals surface area (Å²) in [6.45, 7) is 2.40. The first kappa shape index (κ1) is 11.3. The molecule has 0 heterocycles. The highest BCUT2D eigenvalue weighted by molar-refractivity contribution is 9.10. The molecule has 0 radical (unpaired) electrons. The molecule has 76 valence electrons. The largest absolute Gasteiger partial charge is 0.397 e. The van der Waals surface area contributed by atoms with Crippen molar-refractivity contribution >= 4 is 39.1 Å². The van der Waals surface area contributed by atoms with Crippen LogP contribution in [-0.2, 0) is 0 Å². The van der Waals surface area contributed by atoms with Crippen LogP contribution in [0.5, 0.6) is 0 Å². The zero-order valence-corrected chi connectivity index (χ0v) is 9.95. The second kappa shape index (κ2) is 4.66. The maximum atomic E-state index is 11.5. The Balaban J connectivity index is 3.13. The van der Waals surface area contributed by atoms with Crippen molar-refractivity contribution in [3.8, 4) is 0 Å². The number of nitrogen functional groups attached to an aromatic ring is 1. The highest BCUT2D eigenvalue weighted by atomic mass is 79.9. The predicted molar refractivity (Wildman–Crippen MR) is 61.6 cm³/mol. The number of nitrogens with one attached hydrogen (secondary N) is 1. The van der Waals surface area contributed by atoms with Gasteiger partial charge >= 0.3 is 0 Å². The molecule has 0 fully saturated rings. The van der Waals surface area contributed by atoms with Crippen molar-refractivity contribution in [1.29, 1.82) is 0 Å². The fraction of sp³-hybridized carbons (Fsp3) is 0.222. The minimum atomic E-state index is -0.215. The lowest BCUT2D eigenvalue weighted by atomic mass is 10.1. The van der Waals surface area contributed by atoms with E-state index in [4.69, 9.17) is 17.3 Å². The first-order valence-electron chi connectivity index (χ1n) is 4.09. The number of halogens is 2. The number of amides is 1. The molecule has 1 aromatic carbocycles. The van der Waals surface area contributed by atoms with E-state index in [2.05, 4.69) is 21.2 Å². The number of carbonyl (C=O) groups is 1. The van der Waals surface area contributed by atoms with Gasteiger partial charge in [0, 0.05) is 16.0 Å². The summed E-state index contributed by atoms with van der Waals surface area (Å²) in [4.78, 5) is 11.5. The molecular formula is C9H10BrClN2O. The van der Waals surface area contributed by atoms with Gasteiger partial charge in [0.05, 0.1) is 11.3 Å². The zero-order valence-electron chi connectivity index (χ0n) is 7.60. The zero-order chi connectivity index (χ0) is 10.7. The van der Waals surface area contributed by atoms with Crippen LogP contribution in [0.25, 0.3) is 0 Å². The van der Waals surface area contributed by atoms with Gasteiger partial charge in [-0.3, -0.25) is 4.79 Å². The van der Waals surface area contributed by atoms with Crippen molar-refractivity contribution in [2.75, 3.05) is 12.3 Å². The Labute approximate surface area is 95.7 Å². The van der Waals surface area contributed by atoms with E-state index in [1.807, 2.05) is 6.92 Å². The van der Waals surface area contributed by atoms with Crippen molar-refractivity contribution in [1.82, 2.24) is 5.32 Å². The molecule has 0 aliphatic rings. The van der Waals surface area contributed by atoms with E-state index in [-0.39, 0.29) is 5.91 Å². The van der Waals surface area contributed by atoms with E-state index in [9.17, 15) is 4.79 Å². The fourth-order valence-corrected chi connectivity index (χ4v) is 1.84. The summed E-state index contributed by atoms with van der Waals surface area (Å²) in [5, 5.41) is 3.14. The van der Waals surface area contributed by atoms with Crippen molar-refractivity contribution in [2.45, 2.75) is 6.92 Å². The molecule has 0 bridgehead atoms. The molecule has 5 heteroatoms. The summed E-state index contributed by atoms with van der Waals surface area (Å²) >= 11 is 9.03. The van der Waals surface area contributed by atoms with E-state index < -0.39 is 0 Å². The van der Waals surface area contributed by atoms with Crippen LogP contribution in [-0.4, -0.2) is 12.5 Å². The molecule has 0 aliphatic heterocycles. The summed E-state index contributed by atoms with van der Waals surface area (Å²) in [6, 6.07) is 3.20. The first-order chi connectivity index (χ1) is 6.56. The molecule has 3 nitrogen and oxygen atoms in total. The molecule has 14 heavy (non-hydrogen) atoms. The van der Waals surface area contributed by atoms with E-state index in [0.717, 1.165) is 0 Å². The van der Waals surface area contributed by atoms with E-state index in [1.165, 1.54) is 0 Å².